The maximum Gasteiger partial charge on any atom is 0.0972 e. The van der Waals surface area contributed by atoms with Crippen molar-refractivity contribution in [3.8, 4) is 0 Å². The van der Waals surface area contributed by atoms with Crippen LogP contribution in [0, 0.1) is 0 Å². The normalized spacial score (nSPS) is 11.8. The Bertz CT molecular complexity index is 570. The van der Waals surface area contributed by atoms with Crippen LogP contribution in [0.5, 0.6) is 0 Å². The van der Waals surface area contributed by atoms with Crippen molar-refractivity contribution < 1.29 is 0 Å². The van der Waals surface area contributed by atoms with E-state index in [1.54, 1.807) is 11.3 Å². The maximum atomic E-state index is 5.99. The third kappa shape index (κ3) is 3.56. The lowest BCUT2D eigenvalue weighted by atomic mass is 9.93. The molecule has 19 heavy (non-hydrogen) atoms. The van der Waals surface area contributed by atoms with E-state index in [1.165, 1.54) is 5.56 Å². The number of aromatic nitrogens is 1. The molecule has 0 atom stereocenters. The third-order valence-electron chi connectivity index (χ3n) is 3.05. The van der Waals surface area contributed by atoms with Crippen molar-refractivity contribution in [2.75, 3.05) is 0 Å². The van der Waals surface area contributed by atoms with Gasteiger partial charge < -0.3 is 5.73 Å². The zero-order chi connectivity index (χ0) is 14.0. The Morgan fingerprint density at radius 1 is 1.26 bits per heavy atom. The van der Waals surface area contributed by atoms with Gasteiger partial charge in [-0.05, 0) is 23.3 Å². The molecule has 0 fully saturated rings. The highest BCUT2D eigenvalue weighted by atomic mass is 35.5. The highest BCUT2D eigenvalue weighted by Gasteiger charge is 2.17. The van der Waals surface area contributed by atoms with Gasteiger partial charge in [-0.3, -0.25) is 0 Å². The fourth-order valence-electron chi connectivity index (χ4n) is 1.86. The van der Waals surface area contributed by atoms with E-state index in [0.717, 1.165) is 27.7 Å². The Kier molecular flexibility index (Phi) is 4.29. The van der Waals surface area contributed by atoms with E-state index >= 15 is 0 Å². The number of thiazole rings is 1. The van der Waals surface area contributed by atoms with Crippen LogP contribution in [0.2, 0.25) is 5.02 Å². The van der Waals surface area contributed by atoms with Crippen molar-refractivity contribution in [2.45, 2.75) is 39.2 Å². The number of rotatable bonds is 3. The predicted molar refractivity (Wildman–Crippen MR) is 83.0 cm³/mol. The summed E-state index contributed by atoms with van der Waals surface area (Å²) in [6.07, 6.45) is 0.824. The fraction of sp³-hybridized carbons (Fsp3) is 0.400. The van der Waals surface area contributed by atoms with Crippen molar-refractivity contribution in [1.82, 2.24) is 4.98 Å². The Morgan fingerprint density at radius 2 is 2.00 bits per heavy atom. The molecule has 0 aliphatic heterocycles. The summed E-state index contributed by atoms with van der Waals surface area (Å²) in [5, 5.41) is 4.01. The molecule has 2 nitrogen and oxygen atoms in total. The fourth-order valence-corrected chi connectivity index (χ4v) is 3.09. The topological polar surface area (TPSA) is 38.9 Å². The van der Waals surface area contributed by atoms with Gasteiger partial charge in [0.05, 0.1) is 10.7 Å². The molecule has 2 rings (SSSR count). The van der Waals surface area contributed by atoms with Gasteiger partial charge in [-0.15, -0.1) is 11.3 Å². The molecule has 1 heterocycles. The Labute approximate surface area is 123 Å². The molecule has 0 aliphatic rings. The molecule has 1 aromatic heterocycles. The molecule has 0 saturated heterocycles. The average molecular weight is 295 g/mol. The first-order chi connectivity index (χ1) is 8.90. The van der Waals surface area contributed by atoms with E-state index in [9.17, 15) is 0 Å². The molecular formula is C15H19ClN2S. The van der Waals surface area contributed by atoms with Crippen molar-refractivity contribution in [2.24, 2.45) is 5.73 Å². The summed E-state index contributed by atoms with van der Waals surface area (Å²) >= 11 is 7.70. The van der Waals surface area contributed by atoms with Gasteiger partial charge >= 0.3 is 0 Å². The van der Waals surface area contributed by atoms with E-state index in [4.69, 9.17) is 22.3 Å². The molecule has 2 N–H and O–H groups in total. The van der Waals surface area contributed by atoms with Crippen LogP contribution in [0.1, 0.15) is 42.6 Å². The van der Waals surface area contributed by atoms with Crippen molar-refractivity contribution in [1.29, 1.82) is 0 Å². The number of nitrogens with zero attached hydrogens (tertiary/aromatic N) is 1. The van der Waals surface area contributed by atoms with Crippen LogP contribution in [0.15, 0.2) is 23.6 Å². The number of benzene rings is 1. The van der Waals surface area contributed by atoms with Crippen molar-refractivity contribution in [3.63, 3.8) is 0 Å². The zero-order valence-corrected chi connectivity index (χ0v) is 13.1. The lowest BCUT2D eigenvalue weighted by molar-refractivity contribution is 0.571. The molecule has 0 aliphatic carbocycles. The molecule has 102 valence electrons. The smallest absolute Gasteiger partial charge is 0.0972 e. The van der Waals surface area contributed by atoms with E-state index in [-0.39, 0.29) is 5.41 Å². The van der Waals surface area contributed by atoms with Crippen LogP contribution >= 0.6 is 22.9 Å². The SMILES string of the molecule is CC(C)(C)c1csc(Cc2ccc(Cl)cc2CN)n1. The van der Waals surface area contributed by atoms with Crippen LogP contribution < -0.4 is 5.73 Å². The second-order valence-corrected chi connectivity index (χ2v) is 7.05. The highest BCUT2D eigenvalue weighted by Crippen LogP contribution is 2.26. The number of halogens is 1. The lowest BCUT2D eigenvalue weighted by Crippen LogP contribution is -2.11. The minimum atomic E-state index is 0.103. The Balaban J connectivity index is 2.24. The molecule has 0 radical (unpaired) electrons. The zero-order valence-electron chi connectivity index (χ0n) is 11.5. The summed E-state index contributed by atoms with van der Waals surface area (Å²) in [5.74, 6) is 0. The third-order valence-corrected chi connectivity index (χ3v) is 4.13. The molecule has 0 bridgehead atoms. The number of hydrogen-bond acceptors (Lipinski definition) is 3. The molecule has 0 spiro atoms. The van der Waals surface area contributed by atoms with Crippen molar-refractivity contribution in [3.05, 3.63) is 50.4 Å². The summed E-state index contributed by atoms with van der Waals surface area (Å²) in [7, 11) is 0. The molecule has 0 saturated carbocycles. The minimum Gasteiger partial charge on any atom is -0.326 e. The average Bonchev–Trinajstić information content (AvgIpc) is 2.79. The first kappa shape index (κ1) is 14.5. The van der Waals surface area contributed by atoms with Crippen LogP contribution in [0.25, 0.3) is 0 Å². The van der Waals surface area contributed by atoms with Gasteiger partial charge in [0.1, 0.15) is 0 Å². The monoisotopic (exact) mass is 294 g/mol. The molecular weight excluding hydrogens is 276 g/mol. The summed E-state index contributed by atoms with van der Waals surface area (Å²) in [6.45, 7) is 7.05. The first-order valence-corrected chi connectivity index (χ1v) is 7.58. The van der Waals surface area contributed by atoms with Gasteiger partial charge in [0.25, 0.3) is 0 Å². The first-order valence-electron chi connectivity index (χ1n) is 6.32. The number of hydrogen-bond donors (Lipinski definition) is 1. The summed E-state index contributed by atoms with van der Waals surface area (Å²) < 4.78 is 0. The van der Waals surface area contributed by atoms with E-state index in [1.807, 2.05) is 18.2 Å². The second kappa shape index (κ2) is 5.61. The summed E-state index contributed by atoms with van der Waals surface area (Å²) in [6, 6.07) is 5.90. The molecule has 0 unspecified atom stereocenters. The minimum absolute atomic E-state index is 0.103. The largest absolute Gasteiger partial charge is 0.326 e. The van der Waals surface area contributed by atoms with Crippen LogP contribution in [-0.4, -0.2) is 4.98 Å². The Morgan fingerprint density at radius 3 is 2.58 bits per heavy atom. The lowest BCUT2D eigenvalue weighted by Gasteiger charge is -2.14. The predicted octanol–water partition coefficient (Wildman–Crippen LogP) is 4.14. The van der Waals surface area contributed by atoms with Gasteiger partial charge in [-0.25, -0.2) is 4.98 Å². The molecule has 0 amide bonds. The van der Waals surface area contributed by atoms with Gasteiger partial charge in [-0.2, -0.15) is 0 Å². The van der Waals surface area contributed by atoms with Gasteiger partial charge in [-0.1, -0.05) is 38.4 Å². The molecule has 2 aromatic rings. The van der Waals surface area contributed by atoms with Crippen molar-refractivity contribution >= 4 is 22.9 Å². The van der Waals surface area contributed by atoms with E-state index < -0.39 is 0 Å². The number of nitrogens with two attached hydrogens (primary N) is 1. The van der Waals surface area contributed by atoms with E-state index in [0.29, 0.717) is 6.54 Å². The van der Waals surface area contributed by atoms with Gasteiger partial charge in [0.15, 0.2) is 0 Å². The molecule has 1 aromatic carbocycles. The molecule has 4 heteroatoms. The summed E-state index contributed by atoms with van der Waals surface area (Å²) in [4.78, 5) is 4.72. The van der Waals surface area contributed by atoms with E-state index in [2.05, 4.69) is 26.2 Å². The summed E-state index contributed by atoms with van der Waals surface area (Å²) in [5.41, 5.74) is 9.33. The van der Waals surface area contributed by atoms with Crippen LogP contribution in [-0.2, 0) is 18.4 Å². The van der Waals surface area contributed by atoms with Crippen LogP contribution in [0.3, 0.4) is 0 Å². The van der Waals surface area contributed by atoms with Crippen LogP contribution in [0.4, 0.5) is 0 Å². The Hall–Kier alpha value is -0.900. The highest BCUT2D eigenvalue weighted by molar-refractivity contribution is 7.09. The van der Waals surface area contributed by atoms with Gasteiger partial charge in [0.2, 0.25) is 0 Å². The maximum absolute atomic E-state index is 5.99. The quantitative estimate of drug-likeness (QED) is 0.924. The van der Waals surface area contributed by atoms with Gasteiger partial charge in [0, 0.05) is 28.8 Å². The second-order valence-electron chi connectivity index (χ2n) is 5.67. The standard InChI is InChI=1S/C15H19ClN2S/c1-15(2,3)13-9-19-14(18-13)7-10-4-5-12(16)6-11(10)8-17/h4-6,9H,7-8,17H2,1-3H3.